The van der Waals surface area contributed by atoms with E-state index in [2.05, 4.69) is 27.5 Å². The minimum atomic E-state index is -0.373. The number of rotatable bonds is 5. The first kappa shape index (κ1) is 13.2. The molecule has 0 unspecified atom stereocenters. The molecule has 0 bridgehead atoms. The van der Waals surface area contributed by atoms with Gasteiger partial charge in [-0.15, -0.1) is 0 Å². The van der Waals surface area contributed by atoms with Crippen LogP contribution in [0.25, 0.3) is 0 Å². The van der Waals surface area contributed by atoms with Crippen LogP contribution in [0.3, 0.4) is 0 Å². The van der Waals surface area contributed by atoms with Gasteiger partial charge in [0.25, 0.3) is 5.56 Å². The number of aromatic nitrogens is 2. The highest BCUT2D eigenvalue weighted by molar-refractivity contribution is 5.87. The van der Waals surface area contributed by atoms with Gasteiger partial charge in [-0.3, -0.25) is 10.1 Å². The number of hydrogen-bond donors (Lipinski definition) is 3. The summed E-state index contributed by atoms with van der Waals surface area (Å²) in [6.45, 7) is 4.45. The Bertz CT molecular complexity index is 428. The lowest BCUT2D eigenvalue weighted by Gasteiger charge is -2.06. The number of H-pyrrole nitrogens is 1. The summed E-state index contributed by atoms with van der Waals surface area (Å²) in [5, 5.41) is 5.18. The molecule has 94 valence electrons. The fourth-order valence-corrected chi connectivity index (χ4v) is 1.37. The summed E-state index contributed by atoms with van der Waals surface area (Å²) in [5.74, 6) is 0.169. The van der Waals surface area contributed by atoms with Crippen molar-refractivity contribution in [2.45, 2.75) is 33.1 Å². The van der Waals surface area contributed by atoms with Gasteiger partial charge < -0.3 is 10.3 Å². The second kappa shape index (κ2) is 6.67. The summed E-state index contributed by atoms with van der Waals surface area (Å²) in [6, 6.07) is 1.01. The zero-order chi connectivity index (χ0) is 12.7. The van der Waals surface area contributed by atoms with E-state index in [-0.39, 0.29) is 17.5 Å². The maximum absolute atomic E-state index is 11.4. The van der Waals surface area contributed by atoms with Crippen molar-refractivity contribution in [3.05, 3.63) is 22.1 Å². The minimum absolute atomic E-state index is 0.169. The van der Waals surface area contributed by atoms with Gasteiger partial charge in [0.15, 0.2) is 0 Å². The standard InChI is InChI=1S/C11H18N4O2/c1-3-4-5-6-12-11(17)15-10-13-8(2)7-9(16)14-10/h7H,3-6H2,1-2H3,(H3,12,13,14,15,16,17). The molecule has 0 aliphatic carbocycles. The van der Waals surface area contributed by atoms with Crippen molar-refractivity contribution in [1.82, 2.24) is 15.3 Å². The number of unbranched alkanes of at least 4 members (excludes halogenated alkanes) is 2. The Morgan fingerprint density at radius 3 is 2.88 bits per heavy atom. The van der Waals surface area contributed by atoms with Crippen molar-refractivity contribution < 1.29 is 4.79 Å². The average Bonchev–Trinajstić information content (AvgIpc) is 2.23. The van der Waals surface area contributed by atoms with Crippen LogP contribution in [0.4, 0.5) is 10.7 Å². The molecule has 3 N–H and O–H groups in total. The molecule has 6 heteroatoms. The lowest BCUT2D eigenvalue weighted by molar-refractivity contribution is 0.251. The number of carbonyl (C=O) groups is 1. The number of aryl methyl sites for hydroxylation is 1. The number of hydrogen-bond acceptors (Lipinski definition) is 3. The van der Waals surface area contributed by atoms with Crippen LogP contribution in [0.2, 0.25) is 0 Å². The predicted octanol–water partition coefficient (Wildman–Crippen LogP) is 1.39. The second-order valence-corrected chi connectivity index (χ2v) is 3.84. The monoisotopic (exact) mass is 238 g/mol. The van der Waals surface area contributed by atoms with Crippen molar-refractivity contribution in [3.63, 3.8) is 0 Å². The molecule has 0 saturated carbocycles. The molecule has 6 nitrogen and oxygen atoms in total. The quantitative estimate of drug-likeness (QED) is 0.677. The first-order valence-corrected chi connectivity index (χ1v) is 5.74. The molecule has 0 aromatic carbocycles. The van der Waals surface area contributed by atoms with Gasteiger partial charge in [0.2, 0.25) is 5.95 Å². The third kappa shape index (κ3) is 5.14. The molecule has 1 heterocycles. The lowest BCUT2D eigenvalue weighted by Crippen LogP contribution is -2.31. The Labute approximate surface area is 99.8 Å². The van der Waals surface area contributed by atoms with Crippen LogP contribution >= 0.6 is 0 Å². The molecule has 0 aliphatic heterocycles. The van der Waals surface area contributed by atoms with Gasteiger partial charge in [0, 0.05) is 18.3 Å². The molecular weight excluding hydrogens is 220 g/mol. The normalized spacial score (nSPS) is 10.0. The van der Waals surface area contributed by atoms with Gasteiger partial charge in [0.1, 0.15) is 0 Å². The van der Waals surface area contributed by atoms with Crippen LogP contribution in [0.1, 0.15) is 31.9 Å². The SMILES string of the molecule is CCCCCNC(=O)Nc1nc(=O)cc(C)[nH]1. The van der Waals surface area contributed by atoms with E-state index in [1.54, 1.807) is 6.92 Å². The number of urea groups is 1. The summed E-state index contributed by atoms with van der Waals surface area (Å²) in [6.07, 6.45) is 3.14. The number of amides is 2. The van der Waals surface area contributed by atoms with Gasteiger partial charge in [-0.25, -0.2) is 4.79 Å². The van der Waals surface area contributed by atoms with E-state index in [1.807, 2.05) is 0 Å². The van der Waals surface area contributed by atoms with E-state index in [9.17, 15) is 9.59 Å². The molecule has 1 aromatic heterocycles. The van der Waals surface area contributed by atoms with Gasteiger partial charge in [-0.2, -0.15) is 4.98 Å². The molecule has 0 fully saturated rings. The molecule has 0 saturated heterocycles. The summed E-state index contributed by atoms with van der Waals surface area (Å²) in [5.41, 5.74) is 0.286. The van der Waals surface area contributed by atoms with Crippen molar-refractivity contribution in [2.24, 2.45) is 0 Å². The van der Waals surface area contributed by atoms with E-state index in [0.717, 1.165) is 19.3 Å². The highest BCUT2D eigenvalue weighted by Gasteiger charge is 2.03. The Hall–Kier alpha value is -1.85. The van der Waals surface area contributed by atoms with Crippen LogP contribution in [-0.4, -0.2) is 22.5 Å². The number of nitrogens with one attached hydrogen (secondary N) is 3. The van der Waals surface area contributed by atoms with Gasteiger partial charge >= 0.3 is 6.03 Å². The maximum atomic E-state index is 11.4. The smallest absolute Gasteiger partial charge is 0.321 e. The first-order chi connectivity index (χ1) is 8.11. The lowest BCUT2D eigenvalue weighted by atomic mass is 10.2. The maximum Gasteiger partial charge on any atom is 0.321 e. The van der Waals surface area contributed by atoms with Crippen LogP contribution in [0.5, 0.6) is 0 Å². The second-order valence-electron chi connectivity index (χ2n) is 3.84. The van der Waals surface area contributed by atoms with Crippen molar-refractivity contribution in [1.29, 1.82) is 0 Å². The third-order valence-electron chi connectivity index (χ3n) is 2.18. The first-order valence-electron chi connectivity index (χ1n) is 5.74. The fraction of sp³-hybridized carbons (Fsp3) is 0.545. The van der Waals surface area contributed by atoms with E-state index in [0.29, 0.717) is 12.2 Å². The number of carbonyl (C=O) groups excluding carboxylic acids is 1. The molecule has 0 radical (unpaired) electrons. The molecule has 1 aromatic rings. The van der Waals surface area contributed by atoms with Gasteiger partial charge in [-0.05, 0) is 13.3 Å². The number of aromatic amines is 1. The van der Waals surface area contributed by atoms with Gasteiger partial charge in [-0.1, -0.05) is 19.8 Å². The summed E-state index contributed by atoms with van der Waals surface area (Å²) in [4.78, 5) is 28.9. The Kier molecular flexibility index (Phi) is 5.19. The summed E-state index contributed by atoms with van der Waals surface area (Å²) < 4.78 is 0. The highest BCUT2D eigenvalue weighted by Crippen LogP contribution is 1.95. The molecular formula is C11H18N4O2. The Balaban J connectivity index is 2.42. The summed E-state index contributed by atoms with van der Waals surface area (Å²) in [7, 11) is 0. The molecule has 17 heavy (non-hydrogen) atoms. The molecule has 0 aliphatic rings. The zero-order valence-corrected chi connectivity index (χ0v) is 10.2. The predicted molar refractivity (Wildman–Crippen MR) is 66.1 cm³/mol. The highest BCUT2D eigenvalue weighted by atomic mass is 16.2. The van der Waals surface area contributed by atoms with E-state index < -0.39 is 0 Å². The topological polar surface area (TPSA) is 86.9 Å². The molecule has 0 atom stereocenters. The van der Waals surface area contributed by atoms with Crippen LogP contribution in [0, 0.1) is 6.92 Å². The summed E-state index contributed by atoms with van der Waals surface area (Å²) >= 11 is 0. The number of nitrogens with zero attached hydrogens (tertiary/aromatic N) is 1. The van der Waals surface area contributed by atoms with Crippen LogP contribution < -0.4 is 16.2 Å². The van der Waals surface area contributed by atoms with Crippen LogP contribution in [0.15, 0.2) is 10.9 Å². The van der Waals surface area contributed by atoms with Crippen molar-refractivity contribution in [2.75, 3.05) is 11.9 Å². The fourth-order valence-electron chi connectivity index (χ4n) is 1.37. The third-order valence-corrected chi connectivity index (χ3v) is 2.18. The van der Waals surface area contributed by atoms with Crippen LogP contribution in [-0.2, 0) is 0 Å². The van der Waals surface area contributed by atoms with E-state index >= 15 is 0 Å². The Morgan fingerprint density at radius 2 is 2.24 bits per heavy atom. The molecule has 1 rings (SSSR count). The molecule has 2 amide bonds. The molecule has 0 spiro atoms. The number of anilines is 1. The minimum Gasteiger partial charge on any atom is -0.338 e. The average molecular weight is 238 g/mol. The largest absolute Gasteiger partial charge is 0.338 e. The van der Waals surface area contributed by atoms with Crippen molar-refractivity contribution in [3.8, 4) is 0 Å². The van der Waals surface area contributed by atoms with Crippen molar-refractivity contribution >= 4 is 12.0 Å². The van der Waals surface area contributed by atoms with Gasteiger partial charge in [0.05, 0.1) is 0 Å². The zero-order valence-electron chi connectivity index (χ0n) is 10.2. The Morgan fingerprint density at radius 1 is 1.47 bits per heavy atom. The van der Waals surface area contributed by atoms with E-state index in [1.165, 1.54) is 6.07 Å². The van der Waals surface area contributed by atoms with E-state index in [4.69, 9.17) is 0 Å².